The lowest BCUT2D eigenvalue weighted by atomic mass is 10.1. The number of hydrogen-bond acceptors (Lipinski definition) is 4. The first-order valence-corrected chi connectivity index (χ1v) is 8.88. The molecule has 3 N–H and O–H groups in total. The van der Waals surface area contributed by atoms with E-state index in [9.17, 15) is 5.11 Å². The van der Waals surface area contributed by atoms with E-state index in [0.717, 1.165) is 13.0 Å². The minimum atomic E-state index is -0.472. The fourth-order valence-electron chi connectivity index (χ4n) is 1.96. The lowest BCUT2D eigenvalue weighted by Crippen LogP contribution is -2.32. The maximum Gasteiger partial charge on any atom is 0.0897 e. The van der Waals surface area contributed by atoms with Crippen molar-refractivity contribution in [3.8, 4) is 0 Å². The highest BCUT2D eigenvalue weighted by Crippen LogP contribution is 2.08. The summed E-state index contributed by atoms with van der Waals surface area (Å²) in [5.41, 5.74) is 0. The Morgan fingerprint density at radius 1 is 0.952 bits per heavy atom. The summed E-state index contributed by atoms with van der Waals surface area (Å²) in [7, 11) is 0. The van der Waals surface area contributed by atoms with E-state index in [1.165, 1.54) is 44.9 Å². The van der Waals surface area contributed by atoms with E-state index in [1.807, 2.05) is 13.8 Å². The Morgan fingerprint density at radius 3 is 2.10 bits per heavy atom. The van der Waals surface area contributed by atoms with Crippen molar-refractivity contribution >= 4 is 0 Å². The lowest BCUT2D eigenvalue weighted by Gasteiger charge is -2.11. The van der Waals surface area contributed by atoms with Crippen LogP contribution in [0.4, 0.5) is 0 Å². The summed E-state index contributed by atoms with van der Waals surface area (Å²) in [6, 6.07) is 0. The van der Waals surface area contributed by atoms with Gasteiger partial charge in [-0.1, -0.05) is 65.7 Å². The van der Waals surface area contributed by atoms with Crippen molar-refractivity contribution in [1.29, 1.82) is 0 Å². The molecule has 1 atom stereocenters. The molecule has 0 heterocycles. The molecule has 0 saturated carbocycles. The van der Waals surface area contributed by atoms with E-state index in [-0.39, 0.29) is 6.61 Å². The number of hydrogen-bond donors (Lipinski definition) is 3. The largest absolute Gasteiger partial charge is 0.395 e. The molecule has 0 aliphatic carbocycles. The highest BCUT2D eigenvalue weighted by molar-refractivity contribution is 4.57. The third kappa shape index (κ3) is 22.3. The molecule has 0 bridgehead atoms. The number of nitrogens with one attached hydrogen (secondary N) is 1. The predicted octanol–water partition coefficient (Wildman–Crippen LogP) is 3.11. The van der Waals surface area contributed by atoms with Gasteiger partial charge in [0.2, 0.25) is 0 Å². The average molecular weight is 306 g/mol. The zero-order valence-corrected chi connectivity index (χ0v) is 14.6. The number of aliphatic hydroxyl groups excluding tert-OH is 2. The molecule has 0 amide bonds. The van der Waals surface area contributed by atoms with Gasteiger partial charge in [-0.25, -0.2) is 0 Å². The number of ether oxygens (including phenoxy) is 1. The van der Waals surface area contributed by atoms with Crippen LogP contribution in [0.25, 0.3) is 0 Å². The molecule has 130 valence electrons. The molecule has 0 aromatic rings. The standard InChI is InChI=1S/C15H33NO3.C2H6/c1-2-3-4-5-6-7-8-9-12-19-14-15(18)13-16-10-11-17;1-2/h15-18H,2-14H2,1H3;1-2H3. The van der Waals surface area contributed by atoms with Gasteiger partial charge >= 0.3 is 0 Å². The summed E-state index contributed by atoms with van der Waals surface area (Å²) in [6.07, 6.45) is 9.90. The van der Waals surface area contributed by atoms with Crippen molar-refractivity contribution in [2.75, 3.05) is 32.9 Å². The van der Waals surface area contributed by atoms with Gasteiger partial charge in [0.1, 0.15) is 0 Å². The normalized spacial score (nSPS) is 11.9. The zero-order valence-electron chi connectivity index (χ0n) is 14.6. The Kier molecular flexibility index (Phi) is 24.4. The summed E-state index contributed by atoms with van der Waals surface area (Å²) in [4.78, 5) is 0. The van der Waals surface area contributed by atoms with Crippen LogP contribution in [0.1, 0.15) is 72.1 Å². The molecule has 0 aromatic carbocycles. The van der Waals surface area contributed by atoms with Crippen LogP contribution in [0.2, 0.25) is 0 Å². The smallest absolute Gasteiger partial charge is 0.0897 e. The first kappa shape index (κ1) is 23.1. The van der Waals surface area contributed by atoms with Crippen molar-refractivity contribution in [2.24, 2.45) is 0 Å². The number of rotatable bonds is 15. The quantitative estimate of drug-likeness (QED) is 0.407. The van der Waals surface area contributed by atoms with E-state index < -0.39 is 6.10 Å². The maximum absolute atomic E-state index is 9.53. The second-order valence-electron chi connectivity index (χ2n) is 5.13. The molecule has 0 aliphatic heterocycles. The summed E-state index contributed by atoms with van der Waals surface area (Å²) in [5.74, 6) is 0. The van der Waals surface area contributed by atoms with E-state index in [0.29, 0.717) is 19.7 Å². The minimum Gasteiger partial charge on any atom is -0.395 e. The molecule has 0 aromatic heterocycles. The first-order valence-electron chi connectivity index (χ1n) is 8.88. The number of unbranched alkanes of at least 4 members (excludes halogenated alkanes) is 7. The van der Waals surface area contributed by atoms with Crippen molar-refractivity contribution < 1.29 is 14.9 Å². The zero-order chi connectivity index (χ0) is 16.2. The summed E-state index contributed by atoms with van der Waals surface area (Å²) in [5, 5.41) is 21.0. The Morgan fingerprint density at radius 2 is 1.52 bits per heavy atom. The second-order valence-corrected chi connectivity index (χ2v) is 5.13. The van der Waals surface area contributed by atoms with Crippen LogP contribution >= 0.6 is 0 Å². The molecular formula is C17H39NO3. The van der Waals surface area contributed by atoms with Crippen LogP contribution < -0.4 is 5.32 Å². The second kappa shape index (κ2) is 22.1. The first-order chi connectivity index (χ1) is 10.3. The lowest BCUT2D eigenvalue weighted by molar-refractivity contribution is 0.0350. The van der Waals surface area contributed by atoms with Gasteiger partial charge < -0.3 is 20.3 Å². The molecule has 0 fully saturated rings. The Labute approximate surface area is 132 Å². The van der Waals surface area contributed by atoms with E-state index in [1.54, 1.807) is 0 Å². The van der Waals surface area contributed by atoms with Crippen LogP contribution in [0.3, 0.4) is 0 Å². The predicted molar refractivity (Wildman–Crippen MR) is 90.7 cm³/mol. The molecule has 0 rings (SSSR count). The average Bonchev–Trinajstić information content (AvgIpc) is 2.51. The van der Waals surface area contributed by atoms with Crippen LogP contribution in [0.5, 0.6) is 0 Å². The summed E-state index contributed by atoms with van der Waals surface area (Å²) < 4.78 is 5.42. The molecule has 0 spiro atoms. The summed E-state index contributed by atoms with van der Waals surface area (Å²) >= 11 is 0. The topological polar surface area (TPSA) is 61.7 Å². The Balaban J connectivity index is 0. The molecule has 21 heavy (non-hydrogen) atoms. The van der Waals surface area contributed by atoms with Crippen LogP contribution in [0, 0.1) is 0 Å². The van der Waals surface area contributed by atoms with Crippen LogP contribution in [-0.2, 0) is 4.74 Å². The van der Waals surface area contributed by atoms with E-state index in [4.69, 9.17) is 9.84 Å². The van der Waals surface area contributed by atoms with Gasteiger partial charge in [0, 0.05) is 19.7 Å². The van der Waals surface area contributed by atoms with Crippen molar-refractivity contribution in [2.45, 2.75) is 78.2 Å². The molecule has 4 nitrogen and oxygen atoms in total. The molecule has 0 radical (unpaired) electrons. The Bertz CT molecular complexity index is 168. The van der Waals surface area contributed by atoms with Crippen molar-refractivity contribution in [1.82, 2.24) is 5.32 Å². The molecule has 0 saturated heterocycles. The molecular weight excluding hydrogens is 266 g/mol. The fraction of sp³-hybridized carbons (Fsp3) is 1.00. The van der Waals surface area contributed by atoms with Gasteiger partial charge in [0.05, 0.1) is 19.3 Å². The Hall–Kier alpha value is -0.160. The summed E-state index contributed by atoms with van der Waals surface area (Å²) in [6.45, 7) is 8.48. The van der Waals surface area contributed by atoms with Crippen LogP contribution in [-0.4, -0.2) is 49.2 Å². The van der Waals surface area contributed by atoms with Gasteiger partial charge in [-0.15, -0.1) is 0 Å². The van der Waals surface area contributed by atoms with Gasteiger partial charge in [-0.3, -0.25) is 0 Å². The minimum absolute atomic E-state index is 0.103. The van der Waals surface area contributed by atoms with Gasteiger partial charge in [0.15, 0.2) is 0 Å². The van der Waals surface area contributed by atoms with Gasteiger partial charge in [-0.05, 0) is 6.42 Å². The number of aliphatic hydroxyl groups is 2. The SMILES string of the molecule is CC.CCCCCCCCCCOCC(O)CNCCO. The highest BCUT2D eigenvalue weighted by Gasteiger charge is 2.02. The molecule has 1 unspecified atom stereocenters. The third-order valence-electron chi connectivity index (χ3n) is 3.12. The third-order valence-corrected chi connectivity index (χ3v) is 3.12. The highest BCUT2D eigenvalue weighted by atomic mass is 16.5. The van der Waals surface area contributed by atoms with E-state index in [2.05, 4.69) is 12.2 Å². The molecule has 4 heteroatoms. The monoisotopic (exact) mass is 305 g/mol. The maximum atomic E-state index is 9.53. The van der Waals surface area contributed by atoms with Crippen molar-refractivity contribution in [3.05, 3.63) is 0 Å². The fourth-order valence-corrected chi connectivity index (χ4v) is 1.96. The van der Waals surface area contributed by atoms with Crippen molar-refractivity contribution in [3.63, 3.8) is 0 Å². The van der Waals surface area contributed by atoms with E-state index >= 15 is 0 Å². The van der Waals surface area contributed by atoms with Gasteiger partial charge in [-0.2, -0.15) is 0 Å². The van der Waals surface area contributed by atoms with Gasteiger partial charge in [0.25, 0.3) is 0 Å². The molecule has 0 aliphatic rings. The van der Waals surface area contributed by atoms with Crippen LogP contribution in [0.15, 0.2) is 0 Å².